The van der Waals surface area contributed by atoms with E-state index in [4.69, 9.17) is 5.11 Å². The van der Waals surface area contributed by atoms with E-state index >= 15 is 0 Å². The van der Waals surface area contributed by atoms with E-state index in [2.05, 4.69) is 15.9 Å². The SMILES string of the molecule is CC1C(C(=O)O)S(=O)(=O)c2cc(Br)ccc2N1C. The zero-order valence-corrected chi connectivity index (χ0v) is 12.2. The quantitative estimate of drug-likeness (QED) is 0.843. The minimum Gasteiger partial charge on any atom is -0.480 e. The largest absolute Gasteiger partial charge is 0.480 e. The molecule has 2 rings (SSSR count). The molecule has 7 heteroatoms. The van der Waals surface area contributed by atoms with Gasteiger partial charge in [-0.3, -0.25) is 4.79 Å². The monoisotopic (exact) mass is 333 g/mol. The summed E-state index contributed by atoms with van der Waals surface area (Å²) < 4.78 is 25.3. The molecule has 1 aliphatic heterocycles. The molecule has 1 aliphatic rings. The van der Waals surface area contributed by atoms with E-state index in [0.717, 1.165) is 0 Å². The lowest BCUT2D eigenvalue weighted by molar-refractivity contribution is -0.136. The van der Waals surface area contributed by atoms with Crippen LogP contribution >= 0.6 is 15.9 Å². The first-order valence-electron chi connectivity index (χ1n) is 5.26. The summed E-state index contributed by atoms with van der Waals surface area (Å²) in [5.74, 6) is -1.32. The van der Waals surface area contributed by atoms with Gasteiger partial charge in [-0.15, -0.1) is 0 Å². The molecule has 1 N–H and O–H groups in total. The number of aliphatic carboxylic acids is 1. The van der Waals surface area contributed by atoms with Gasteiger partial charge in [0, 0.05) is 11.5 Å². The third kappa shape index (κ3) is 1.81. The standard InChI is InChI=1S/C11H12BrNO4S/c1-6-10(11(14)15)18(16,17)9-5-7(12)3-4-8(9)13(6)2/h3-6,10H,1-2H3,(H,14,15). The number of fused-ring (bicyclic) bond motifs is 1. The van der Waals surface area contributed by atoms with Gasteiger partial charge in [0.2, 0.25) is 0 Å². The molecule has 98 valence electrons. The van der Waals surface area contributed by atoms with Gasteiger partial charge in [-0.05, 0) is 25.1 Å². The second-order valence-corrected chi connectivity index (χ2v) is 7.22. The molecule has 1 aromatic rings. The van der Waals surface area contributed by atoms with Crippen LogP contribution in [0.2, 0.25) is 0 Å². The topological polar surface area (TPSA) is 74.7 Å². The maximum Gasteiger partial charge on any atom is 0.324 e. The molecule has 0 aliphatic carbocycles. The highest BCUT2D eigenvalue weighted by atomic mass is 79.9. The van der Waals surface area contributed by atoms with Crippen molar-refractivity contribution in [3.8, 4) is 0 Å². The molecule has 0 aromatic heterocycles. The van der Waals surface area contributed by atoms with Crippen molar-refractivity contribution in [3.63, 3.8) is 0 Å². The second-order valence-electron chi connectivity index (χ2n) is 4.27. The van der Waals surface area contributed by atoms with Gasteiger partial charge < -0.3 is 10.0 Å². The first-order chi connectivity index (χ1) is 8.26. The number of carbonyl (C=O) groups is 1. The second kappa shape index (κ2) is 4.24. The number of sulfone groups is 1. The highest BCUT2D eigenvalue weighted by molar-refractivity contribution is 9.10. The van der Waals surface area contributed by atoms with Gasteiger partial charge in [0.1, 0.15) is 0 Å². The average Bonchev–Trinajstić information content (AvgIpc) is 2.25. The lowest BCUT2D eigenvalue weighted by Crippen LogP contribution is -2.51. The minimum absolute atomic E-state index is 0.0601. The fraction of sp³-hybridized carbons (Fsp3) is 0.364. The van der Waals surface area contributed by atoms with Gasteiger partial charge in [0.05, 0.1) is 16.6 Å². The van der Waals surface area contributed by atoms with E-state index in [9.17, 15) is 13.2 Å². The summed E-state index contributed by atoms with van der Waals surface area (Å²) in [6.45, 7) is 1.60. The van der Waals surface area contributed by atoms with Crippen molar-refractivity contribution in [2.75, 3.05) is 11.9 Å². The molecule has 0 amide bonds. The molecule has 1 heterocycles. The van der Waals surface area contributed by atoms with Crippen LogP contribution in [0.4, 0.5) is 5.69 Å². The zero-order valence-electron chi connectivity index (χ0n) is 9.79. The number of hydrogen-bond donors (Lipinski definition) is 1. The Morgan fingerprint density at radius 2 is 2.06 bits per heavy atom. The maximum atomic E-state index is 12.3. The fourth-order valence-corrected chi connectivity index (χ4v) is 4.71. The lowest BCUT2D eigenvalue weighted by atomic mass is 10.1. The molecule has 0 fully saturated rings. The summed E-state index contributed by atoms with van der Waals surface area (Å²) in [5.41, 5.74) is 0.531. The Kier molecular flexibility index (Phi) is 3.14. The summed E-state index contributed by atoms with van der Waals surface area (Å²) in [7, 11) is -2.16. The van der Waals surface area contributed by atoms with E-state index in [1.807, 2.05) is 0 Å². The Bertz CT molecular complexity index is 613. The third-order valence-corrected chi connectivity index (χ3v) is 5.93. The number of anilines is 1. The van der Waals surface area contributed by atoms with E-state index in [0.29, 0.717) is 10.2 Å². The molecule has 0 radical (unpaired) electrons. The summed E-state index contributed by atoms with van der Waals surface area (Å²) in [6, 6.07) is 4.24. The number of hydrogen-bond acceptors (Lipinski definition) is 4. The molecular weight excluding hydrogens is 322 g/mol. The Hall–Kier alpha value is -1.08. The van der Waals surface area contributed by atoms with Crippen molar-refractivity contribution in [1.29, 1.82) is 0 Å². The molecule has 2 atom stereocenters. The van der Waals surface area contributed by atoms with Gasteiger partial charge in [-0.1, -0.05) is 15.9 Å². The van der Waals surface area contributed by atoms with Gasteiger partial charge in [-0.25, -0.2) is 8.42 Å². The summed E-state index contributed by atoms with van der Waals surface area (Å²) in [6.07, 6.45) is 0. The zero-order chi connectivity index (χ0) is 13.7. The minimum atomic E-state index is -3.86. The molecule has 2 unspecified atom stereocenters. The van der Waals surface area contributed by atoms with E-state index in [1.54, 1.807) is 31.0 Å². The van der Waals surface area contributed by atoms with Crippen molar-refractivity contribution in [2.24, 2.45) is 0 Å². The predicted octanol–water partition coefficient (Wildman–Crippen LogP) is 1.51. The molecule has 18 heavy (non-hydrogen) atoms. The van der Waals surface area contributed by atoms with Gasteiger partial charge in [0.15, 0.2) is 15.1 Å². The van der Waals surface area contributed by atoms with Crippen molar-refractivity contribution in [2.45, 2.75) is 23.1 Å². The van der Waals surface area contributed by atoms with Gasteiger partial charge >= 0.3 is 5.97 Å². The molecular formula is C11H12BrNO4S. The van der Waals surface area contributed by atoms with E-state index in [1.165, 1.54) is 6.07 Å². The van der Waals surface area contributed by atoms with Crippen LogP contribution in [0.3, 0.4) is 0 Å². The molecule has 0 spiro atoms. The Balaban J connectivity index is 2.75. The van der Waals surface area contributed by atoms with Crippen LogP contribution in [-0.2, 0) is 14.6 Å². The van der Waals surface area contributed by atoms with Crippen LogP contribution < -0.4 is 4.90 Å². The van der Waals surface area contributed by atoms with Crippen LogP contribution in [0.5, 0.6) is 0 Å². The molecule has 0 bridgehead atoms. The lowest BCUT2D eigenvalue weighted by Gasteiger charge is -2.37. The smallest absolute Gasteiger partial charge is 0.324 e. The number of halogens is 1. The maximum absolute atomic E-state index is 12.3. The highest BCUT2D eigenvalue weighted by Gasteiger charge is 2.46. The van der Waals surface area contributed by atoms with Crippen LogP contribution in [0.15, 0.2) is 27.6 Å². The summed E-state index contributed by atoms with van der Waals surface area (Å²) in [4.78, 5) is 12.9. The number of carboxylic acid groups (broad SMARTS) is 1. The summed E-state index contributed by atoms with van der Waals surface area (Å²) in [5, 5.41) is 7.70. The number of nitrogens with zero attached hydrogens (tertiary/aromatic N) is 1. The average molecular weight is 334 g/mol. The van der Waals surface area contributed by atoms with Crippen molar-refractivity contribution in [3.05, 3.63) is 22.7 Å². The fourth-order valence-electron chi connectivity index (χ4n) is 2.16. The van der Waals surface area contributed by atoms with Crippen LogP contribution in [0.25, 0.3) is 0 Å². The summed E-state index contributed by atoms with van der Waals surface area (Å²) >= 11 is 3.20. The number of rotatable bonds is 1. The first kappa shape index (κ1) is 13.4. The van der Waals surface area contributed by atoms with E-state index < -0.39 is 27.1 Å². The normalized spacial score (nSPS) is 25.6. The molecule has 0 saturated carbocycles. The molecule has 0 saturated heterocycles. The van der Waals surface area contributed by atoms with E-state index in [-0.39, 0.29) is 4.90 Å². The first-order valence-corrected chi connectivity index (χ1v) is 7.60. The van der Waals surface area contributed by atoms with Gasteiger partial charge in [-0.2, -0.15) is 0 Å². The van der Waals surface area contributed by atoms with Crippen molar-refractivity contribution < 1.29 is 18.3 Å². The Morgan fingerprint density at radius 3 is 2.61 bits per heavy atom. The molecule has 5 nitrogen and oxygen atoms in total. The van der Waals surface area contributed by atoms with Crippen molar-refractivity contribution in [1.82, 2.24) is 0 Å². The predicted molar refractivity (Wildman–Crippen MR) is 70.6 cm³/mol. The van der Waals surface area contributed by atoms with Gasteiger partial charge in [0.25, 0.3) is 0 Å². The Morgan fingerprint density at radius 1 is 1.44 bits per heavy atom. The Labute approximate surface area is 113 Å². The van der Waals surface area contributed by atoms with Crippen molar-refractivity contribution >= 4 is 37.4 Å². The van der Waals surface area contributed by atoms with Crippen LogP contribution in [-0.4, -0.2) is 37.8 Å². The third-order valence-electron chi connectivity index (χ3n) is 3.24. The van der Waals surface area contributed by atoms with Crippen LogP contribution in [0, 0.1) is 0 Å². The number of benzene rings is 1. The molecule has 1 aromatic carbocycles. The van der Waals surface area contributed by atoms with Crippen LogP contribution in [0.1, 0.15) is 6.92 Å². The number of carboxylic acids is 1. The highest BCUT2D eigenvalue weighted by Crippen LogP contribution is 2.37.